The molecule has 3 aliphatic rings. The van der Waals surface area contributed by atoms with Crippen molar-refractivity contribution in [3.63, 3.8) is 0 Å². The van der Waals surface area contributed by atoms with Gasteiger partial charge in [0, 0.05) is 32.2 Å². The van der Waals surface area contributed by atoms with E-state index in [1.807, 2.05) is 4.90 Å². The molecule has 0 aromatic heterocycles. The average molecular weight is 263 g/mol. The van der Waals surface area contributed by atoms with Crippen LogP contribution in [0.25, 0.3) is 0 Å². The lowest BCUT2D eigenvalue weighted by atomic mass is 9.69. The molecule has 0 radical (unpaired) electrons. The quantitative estimate of drug-likeness (QED) is 0.732. The van der Waals surface area contributed by atoms with Crippen molar-refractivity contribution in [3.8, 4) is 6.07 Å². The Hall–Kier alpha value is -1.12. The highest BCUT2D eigenvalue weighted by Crippen LogP contribution is 2.42. The van der Waals surface area contributed by atoms with Crippen LogP contribution in [0, 0.1) is 16.7 Å². The summed E-state index contributed by atoms with van der Waals surface area (Å²) in [5, 5.41) is 9.26. The number of carbonyl (C=O) groups is 1. The smallest absolute Gasteiger partial charge is 0.243 e. The van der Waals surface area contributed by atoms with Gasteiger partial charge in [-0.2, -0.15) is 5.26 Å². The molecule has 1 amide bonds. The van der Waals surface area contributed by atoms with Crippen molar-refractivity contribution in [1.29, 1.82) is 5.26 Å². The number of morpholine rings is 1. The summed E-state index contributed by atoms with van der Waals surface area (Å²) in [6, 6.07) is 2.72. The van der Waals surface area contributed by atoms with Crippen molar-refractivity contribution >= 4 is 5.91 Å². The minimum absolute atomic E-state index is 0.0806. The SMILES string of the molecule is N#CC1(C(=O)N2CCC(N3CCOCC3)C2)CCC1. The van der Waals surface area contributed by atoms with E-state index in [1.165, 1.54) is 0 Å². The number of hydrogen-bond donors (Lipinski definition) is 0. The van der Waals surface area contributed by atoms with E-state index in [0.717, 1.165) is 65.1 Å². The third kappa shape index (κ3) is 2.24. The number of ether oxygens (including phenoxy) is 1. The number of likely N-dealkylation sites (tertiary alicyclic amines) is 1. The van der Waals surface area contributed by atoms with Gasteiger partial charge in [0.15, 0.2) is 0 Å². The Kier molecular flexibility index (Phi) is 3.46. The molecule has 5 nitrogen and oxygen atoms in total. The van der Waals surface area contributed by atoms with Gasteiger partial charge in [-0.05, 0) is 25.7 Å². The zero-order valence-corrected chi connectivity index (χ0v) is 11.3. The van der Waals surface area contributed by atoms with Gasteiger partial charge in [0.2, 0.25) is 5.91 Å². The van der Waals surface area contributed by atoms with E-state index < -0.39 is 5.41 Å². The second kappa shape index (κ2) is 5.10. The third-order valence-corrected chi connectivity index (χ3v) is 4.84. The number of amides is 1. The van der Waals surface area contributed by atoms with Crippen LogP contribution in [0.4, 0.5) is 0 Å². The Morgan fingerprint density at radius 3 is 2.58 bits per heavy atom. The molecule has 2 heterocycles. The van der Waals surface area contributed by atoms with Crippen LogP contribution in [-0.2, 0) is 9.53 Å². The molecule has 19 heavy (non-hydrogen) atoms. The van der Waals surface area contributed by atoms with Gasteiger partial charge in [0.05, 0.1) is 19.3 Å². The van der Waals surface area contributed by atoms with Crippen LogP contribution < -0.4 is 0 Å². The standard InChI is InChI=1S/C14H21N3O2/c15-11-14(3-1-4-14)13(18)17-5-2-12(10-17)16-6-8-19-9-7-16/h12H,1-10H2. The molecule has 104 valence electrons. The van der Waals surface area contributed by atoms with Gasteiger partial charge in [-0.25, -0.2) is 0 Å². The summed E-state index contributed by atoms with van der Waals surface area (Å²) in [6.07, 6.45) is 3.55. The largest absolute Gasteiger partial charge is 0.379 e. The highest BCUT2D eigenvalue weighted by atomic mass is 16.5. The second-order valence-corrected chi connectivity index (χ2v) is 5.89. The summed E-state index contributed by atoms with van der Waals surface area (Å²) in [6.45, 7) is 5.14. The van der Waals surface area contributed by atoms with Crippen LogP contribution in [0.2, 0.25) is 0 Å². The molecule has 0 spiro atoms. The highest BCUT2D eigenvalue weighted by Gasteiger charge is 2.48. The summed E-state index contributed by atoms with van der Waals surface area (Å²) in [7, 11) is 0. The Labute approximate surface area is 114 Å². The minimum atomic E-state index is -0.681. The fourth-order valence-corrected chi connectivity index (χ4v) is 3.37. The molecule has 5 heteroatoms. The van der Waals surface area contributed by atoms with Gasteiger partial charge in [-0.15, -0.1) is 0 Å². The van der Waals surface area contributed by atoms with Gasteiger partial charge in [0.1, 0.15) is 5.41 Å². The molecule has 0 bridgehead atoms. The summed E-state index contributed by atoms with van der Waals surface area (Å²) >= 11 is 0. The first kappa shape index (κ1) is 12.9. The van der Waals surface area contributed by atoms with Gasteiger partial charge < -0.3 is 9.64 Å². The lowest BCUT2D eigenvalue weighted by Crippen LogP contribution is -2.49. The Morgan fingerprint density at radius 1 is 1.26 bits per heavy atom. The van der Waals surface area contributed by atoms with Gasteiger partial charge in [-0.3, -0.25) is 9.69 Å². The maximum Gasteiger partial charge on any atom is 0.243 e. The topological polar surface area (TPSA) is 56.6 Å². The lowest BCUT2D eigenvalue weighted by molar-refractivity contribution is -0.142. The van der Waals surface area contributed by atoms with Crippen molar-refractivity contribution in [3.05, 3.63) is 0 Å². The van der Waals surface area contributed by atoms with Gasteiger partial charge in [0.25, 0.3) is 0 Å². The lowest BCUT2D eigenvalue weighted by Gasteiger charge is -2.37. The zero-order chi connectivity index (χ0) is 13.3. The van der Waals surface area contributed by atoms with E-state index in [9.17, 15) is 10.1 Å². The second-order valence-electron chi connectivity index (χ2n) is 5.89. The van der Waals surface area contributed by atoms with E-state index in [2.05, 4.69) is 11.0 Å². The monoisotopic (exact) mass is 263 g/mol. The summed E-state index contributed by atoms with van der Waals surface area (Å²) in [4.78, 5) is 16.8. The molecule has 0 aromatic carbocycles. The average Bonchev–Trinajstić information content (AvgIpc) is 2.88. The van der Waals surface area contributed by atoms with Crippen LogP contribution in [0.15, 0.2) is 0 Å². The molecule has 1 unspecified atom stereocenters. The predicted molar refractivity (Wildman–Crippen MR) is 69.3 cm³/mol. The molecule has 1 aliphatic carbocycles. The highest BCUT2D eigenvalue weighted by molar-refractivity contribution is 5.86. The fraction of sp³-hybridized carbons (Fsp3) is 0.857. The molecule has 2 aliphatic heterocycles. The van der Waals surface area contributed by atoms with Crippen LogP contribution in [0.1, 0.15) is 25.7 Å². The fourth-order valence-electron chi connectivity index (χ4n) is 3.37. The van der Waals surface area contributed by atoms with Gasteiger partial charge in [-0.1, -0.05) is 0 Å². The number of hydrogen-bond acceptors (Lipinski definition) is 4. The van der Waals surface area contributed by atoms with Crippen molar-refractivity contribution in [2.24, 2.45) is 5.41 Å². The summed E-state index contributed by atoms with van der Waals surface area (Å²) < 4.78 is 5.37. The molecular weight excluding hydrogens is 242 g/mol. The number of carbonyl (C=O) groups excluding carboxylic acids is 1. The van der Waals surface area contributed by atoms with Crippen LogP contribution >= 0.6 is 0 Å². The molecule has 3 rings (SSSR count). The van der Waals surface area contributed by atoms with E-state index in [4.69, 9.17) is 4.74 Å². The maximum atomic E-state index is 12.5. The van der Waals surface area contributed by atoms with Crippen LogP contribution in [0.3, 0.4) is 0 Å². The van der Waals surface area contributed by atoms with Crippen molar-refractivity contribution < 1.29 is 9.53 Å². The number of nitrogens with zero attached hydrogens (tertiary/aromatic N) is 3. The molecule has 0 aromatic rings. The Balaban J connectivity index is 1.59. The Bertz CT molecular complexity index is 394. The van der Waals surface area contributed by atoms with Gasteiger partial charge >= 0.3 is 0 Å². The molecule has 3 fully saturated rings. The zero-order valence-electron chi connectivity index (χ0n) is 11.3. The molecule has 1 saturated carbocycles. The molecular formula is C14H21N3O2. The third-order valence-electron chi connectivity index (χ3n) is 4.84. The first-order valence-corrected chi connectivity index (χ1v) is 7.28. The van der Waals surface area contributed by atoms with Crippen LogP contribution in [-0.4, -0.2) is 61.1 Å². The van der Waals surface area contributed by atoms with Crippen molar-refractivity contribution in [1.82, 2.24) is 9.80 Å². The van der Waals surface area contributed by atoms with E-state index in [0.29, 0.717) is 6.04 Å². The first-order valence-electron chi connectivity index (χ1n) is 7.28. The maximum absolute atomic E-state index is 12.5. The van der Waals surface area contributed by atoms with E-state index in [-0.39, 0.29) is 5.91 Å². The number of rotatable bonds is 2. The predicted octanol–water partition coefficient (Wildman–Crippen LogP) is 0.613. The minimum Gasteiger partial charge on any atom is -0.379 e. The first-order chi connectivity index (χ1) is 9.25. The summed E-state index contributed by atoms with van der Waals surface area (Å²) in [5.41, 5.74) is -0.681. The summed E-state index contributed by atoms with van der Waals surface area (Å²) in [5.74, 6) is 0.0806. The molecule has 1 atom stereocenters. The normalized spacial score (nSPS) is 30.7. The van der Waals surface area contributed by atoms with E-state index >= 15 is 0 Å². The molecule has 0 N–H and O–H groups in total. The molecule has 2 saturated heterocycles. The van der Waals surface area contributed by atoms with Crippen molar-refractivity contribution in [2.75, 3.05) is 39.4 Å². The Morgan fingerprint density at radius 2 is 2.00 bits per heavy atom. The number of nitriles is 1. The van der Waals surface area contributed by atoms with E-state index in [1.54, 1.807) is 0 Å². The van der Waals surface area contributed by atoms with Crippen molar-refractivity contribution in [2.45, 2.75) is 31.7 Å². The van der Waals surface area contributed by atoms with Crippen LogP contribution in [0.5, 0.6) is 0 Å².